The van der Waals surface area contributed by atoms with Gasteiger partial charge in [0.05, 0.1) is 18.4 Å². The molecule has 0 atom stereocenters. The molecule has 0 unspecified atom stereocenters. The van der Waals surface area contributed by atoms with Crippen molar-refractivity contribution in [1.82, 2.24) is 15.0 Å². The van der Waals surface area contributed by atoms with Crippen molar-refractivity contribution < 1.29 is 5.11 Å². The van der Waals surface area contributed by atoms with Crippen LogP contribution in [0.4, 0.5) is 5.69 Å². The maximum atomic E-state index is 9.22. The highest BCUT2D eigenvalue weighted by Crippen LogP contribution is 2.14. The van der Waals surface area contributed by atoms with E-state index in [0.717, 1.165) is 17.1 Å². The van der Waals surface area contributed by atoms with Crippen molar-refractivity contribution in [1.29, 1.82) is 0 Å². The Kier molecular flexibility index (Phi) is 3.33. The van der Waals surface area contributed by atoms with Gasteiger partial charge in [-0.2, -0.15) is 15.0 Å². The van der Waals surface area contributed by atoms with Crippen LogP contribution in [0.15, 0.2) is 60.8 Å². The van der Waals surface area contributed by atoms with Gasteiger partial charge in [0.1, 0.15) is 11.4 Å². The van der Waals surface area contributed by atoms with Gasteiger partial charge >= 0.3 is 0 Å². The number of aromatic hydroxyl groups is 1. The molecule has 0 amide bonds. The molecule has 0 fully saturated rings. The third kappa shape index (κ3) is 2.77. The second-order valence-corrected chi connectivity index (χ2v) is 4.36. The number of para-hydroxylation sites is 1. The lowest BCUT2D eigenvalue weighted by Gasteiger charge is -2.03. The van der Waals surface area contributed by atoms with Crippen molar-refractivity contribution in [3.8, 4) is 11.4 Å². The van der Waals surface area contributed by atoms with E-state index >= 15 is 0 Å². The lowest BCUT2D eigenvalue weighted by molar-refractivity contribution is 0.475. The fourth-order valence-corrected chi connectivity index (χ4v) is 1.83. The van der Waals surface area contributed by atoms with Crippen LogP contribution in [0.2, 0.25) is 0 Å². The summed E-state index contributed by atoms with van der Waals surface area (Å²) in [4.78, 5) is 1.60. The summed E-state index contributed by atoms with van der Waals surface area (Å²) < 4.78 is 0. The predicted octanol–water partition coefficient (Wildman–Crippen LogP) is 2.58. The van der Waals surface area contributed by atoms with Gasteiger partial charge < -0.3 is 10.4 Å². The van der Waals surface area contributed by atoms with E-state index in [4.69, 9.17) is 0 Å². The minimum absolute atomic E-state index is 0.255. The molecule has 2 N–H and O–H groups in total. The predicted molar refractivity (Wildman–Crippen MR) is 76.8 cm³/mol. The topological polar surface area (TPSA) is 63.0 Å². The second-order valence-electron chi connectivity index (χ2n) is 4.36. The minimum atomic E-state index is 0.255. The zero-order chi connectivity index (χ0) is 13.8. The summed E-state index contributed by atoms with van der Waals surface area (Å²) in [7, 11) is 0. The van der Waals surface area contributed by atoms with E-state index in [0.29, 0.717) is 6.54 Å². The van der Waals surface area contributed by atoms with Crippen LogP contribution in [0.1, 0.15) is 5.69 Å². The van der Waals surface area contributed by atoms with Crippen molar-refractivity contribution in [2.45, 2.75) is 6.54 Å². The van der Waals surface area contributed by atoms with Crippen molar-refractivity contribution in [3.63, 3.8) is 0 Å². The number of nitrogens with one attached hydrogen (secondary N) is 1. The first kappa shape index (κ1) is 12.2. The molecule has 1 heterocycles. The minimum Gasteiger partial charge on any atom is -0.508 e. The standard InChI is InChI=1S/C15H14N4O/c20-15-8-6-12(7-9-15)16-10-13-11-17-19(18-13)14-4-2-1-3-5-14/h1-9,11,16,20H,10H2. The summed E-state index contributed by atoms with van der Waals surface area (Å²) in [6.45, 7) is 0.581. The van der Waals surface area contributed by atoms with Crippen LogP contribution in [0.3, 0.4) is 0 Å². The molecule has 1 aromatic heterocycles. The van der Waals surface area contributed by atoms with E-state index in [1.165, 1.54) is 0 Å². The van der Waals surface area contributed by atoms with Crippen LogP contribution in [0.5, 0.6) is 5.75 Å². The monoisotopic (exact) mass is 266 g/mol. The number of rotatable bonds is 4. The third-order valence-electron chi connectivity index (χ3n) is 2.87. The maximum Gasteiger partial charge on any atom is 0.115 e. The molecular weight excluding hydrogens is 252 g/mol. The summed E-state index contributed by atoms with van der Waals surface area (Å²) >= 11 is 0. The Labute approximate surface area is 116 Å². The summed E-state index contributed by atoms with van der Waals surface area (Å²) in [5, 5.41) is 21.1. The maximum absolute atomic E-state index is 9.22. The van der Waals surface area contributed by atoms with E-state index in [-0.39, 0.29) is 5.75 Å². The molecule has 100 valence electrons. The Bertz CT molecular complexity index is 677. The summed E-state index contributed by atoms with van der Waals surface area (Å²) in [6, 6.07) is 16.7. The van der Waals surface area contributed by atoms with Gasteiger partial charge in [0, 0.05) is 5.69 Å². The molecule has 0 aliphatic heterocycles. The van der Waals surface area contributed by atoms with E-state index in [9.17, 15) is 5.11 Å². The fraction of sp³-hybridized carbons (Fsp3) is 0.0667. The quantitative estimate of drug-likeness (QED) is 0.712. The lowest BCUT2D eigenvalue weighted by Crippen LogP contribution is -2.02. The molecule has 20 heavy (non-hydrogen) atoms. The van der Waals surface area contributed by atoms with Crippen LogP contribution in [-0.4, -0.2) is 20.1 Å². The average molecular weight is 266 g/mol. The van der Waals surface area contributed by atoms with E-state index in [1.807, 2.05) is 42.5 Å². The summed E-state index contributed by atoms with van der Waals surface area (Å²) in [5.74, 6) is 0.255. The molecule has 0 bridgehead atoms. The van der Waals surface area contributed by atoms with Crippen molar-refractivity contribution >= 4 is 5.69 Å². The number of phenolic OH excluding ortho intramolecular Hbond substituents is 1. The first-order valence-electron chi connectivity index (χ1n) is 6.31. The first-order chi connectivity index (χ1) is 9.81. The second kappa shape index (κ2) is 5.44. The average Bonchev–Trinajstić information content (AvgIpc) is 2.97. The highest BCUT2D eigenvalue weighted by Gasteiger charge is 2.02. The molecule has 0 aliphatic rings. The number of hydrogen-bond donors (Lipinski definition) is 2. The Morgan fingerprint density at radius 1 is 1.00 bits per heavy atom. The van der Waals surface area contributed by atoms with Gasteiger partial charge in [-0.3, -0.25) is 0 Å². The highest BCUT2D eigenvalue weighted by molar-refractivity contribution is 5.46. The van der Waals surface area contributed by atoms with E-state index < -0.39 is 0 Å². The first-order valence-corrected chi connectivity index (χ1v) is 6.31. The van der Waals surface area contributed by atoms with Crippen molar-refractivity contribution in [2.75, 3.05) is 5.32 Å². The molecule has 0 radical (unpaired) electrons. The molecular formula is C15H14N4O. The number of benzene rings is 2. The number of nitrogens with zero attached hydrogens (tertiary/aromatic N) is 3. The third-order valence-corrected chi connectivity index (χ3v) is 2.87. The van der Waals surface area contributed by atoms with Crippen LogP contribution in [-0.2, 0) is 6.54 Å². The molecule has 0 aliphatic carbocycles. The zero-order valence-corrected chi connectivity index (χ0v) is 10.8. The van der Waals surface area contributed by atoms with Gasteiger partial charge in [-0.05, 0) is 36.4 Å². The van der Waals surface area contributed by atoms with Crippen LogP contribution in [0.25, 0.3) is 5.69 Å². The lowest BCUT2D eigenvalue weighted by atomic mass is 10.3. The number of phenols is 1. The van der Waals surface area contributed by atoms with Crippen LogP contribution in [0, 0.1) is 0 Å². The Hall–Kier alpha value is -2.82. The van der Waals surface area contributed by atoms with Gasteiger partial charge in [-0.15, -0.1) is 0 Å². The Morgan fingerprint density at radius 2 is 1.75 bits per heavy atom. The molecule has 3 rings (SSSR count). The Balaban J connectivity index is 1.67. The fourth-order valence-electron chi connectivity index (χ4n) is 1.83. The largest absolute Gasteiger partial charge is 0.508 e. The smallest absolute Gasteiger partial charge is 0.115 e. The molecule has 3 aromatic rings. The SMILES string of the molecule is Oc1ccc(NCc2cnn(-c3ccccc3)n2)cc1. The molecule has 0 saturated heterocycles. The van der Waals surface area contributed by atoms with Gasteiger partial charge in [-0.1, -0.05) is 18.2 Å². The van der Waals surface area contributed by atoms with Crippen molar-refractivity contribution in [3.05, 3.63) is 66.5 Å². The molecule has 0 spiro atoms. The summed E-state index contributed by atoms with van der Waals surface area (Å²) in [6.07, 6.45) is 1.74. The van der Waals surface area contributed by atoms with Gasteiger partial charge in [-0.25, -0.2) is 0 Å². The highest BCUT2D eigenvalue weighted by atomic mass is 16.3. The van der Waals surface area contributed by atoms with E-state index in [1.54, 1.807) is 23.1 Å². The number of aromatic nitrogens is 3. The van der Waals surface area contributed by atoms with Crippen LogP contribution < -0.4 is 5.32 Å². The van der Waals surface area contributed by atoms with E-state index in [2.05, 4.69) is 15.5 Å². The normalized spacial score (nSPS) is 10.4. The number of anilines is 1. The molecule has 5 nitrogen and oxygen atoms in total. The van der Waals surface area contributed by atoms with Crippen LogP contribution >= 0.6 is 0 Å². The van der Waals surface area contributed by atoms with Crippen molar-refractivity contribution in [2.24, 2.45) is 0 Å². The Morgan fingerprint density at radius 3 is 2.50 bits per heavy atom. The zero-order valence-electron chi connectivity index (χ0n) is 10.8. The molecule has 5 heteroatoms. The summed E-state index contributed by atoms with van der Waals surface area (Å²) in [5.41, 5.74) is 2.71. The van der Waals surface area contributed by atoms with Gasteiger partial charge in [0.25, 0.3) is 0 Å². The van der Waals surface area contributed by atoms with Gasteiger partial charge in [0.15, 0.2) is 0 Å². The van der Waals surface area contributed by atoms with Gasteiger partial charge in [0.2, 0.25) is 0 Å². The number of hydrogen-bond acceptors (Lipinski definition) is 4. The molecule has 0 saturated carbocycles. The molecule has 2 aromatic carbocycles.